The van der Waals surface area contributed by atoms with Gasteiger partial charge in [-0.25, -0.2) is 4.39 Å². The van der Waals surface area contributed by atoms with E-state index >= 15 is 0 Å². The summed E-state index contributed by atoms with van der Waals surface area (Å²) in [6.07, 6.45) is 6.29. The highest BCUT2D eigenvalue weighted by Crippen LogP contribution is 2.26. The van der Waals surface area contributed by atoms with Gasteiger partial charge >= 0.3 is 0 Å². The normalized spacial score (nSPS) is 12.2. The van der Waals surface area contributed by atoms with E-state index in [9.17, 15) is 4.39 Å². The molecule has 1 N–H and O–H groups in total. The molecular formula is C17H26FNO. The van der Waals surface area contributed by atoms with Crippen LogP contribution in [-0.4, -0.2) is 13.2 Å². The third-order valence-electron chi connectivity index (χ3n) is 3.26. The van der Waals surface area contributed by atoms with Crippen LogP contribution in [0.3, 0.4) is 0 Å². The molecule has 0 aliphatic heterocycles. The average Bonchev–Trinajstić information content (AvgIpc) is 2.44. The second-order valence-corrected chi connectivity index (χ2v) is 4.95. The van der Waals surface area contributed by atoms with Crippen molar-refractivity contribution in [3.05, 3.63) is 42.2 Å². The van der Waals surface area contributed by atoms with Gasteiger partial charge in [0.2, 0.25) is 0 Å². The molecule has 20 heavy (non-hydrogen) atoms. The fraction of sp³-hybridized carbons (Fsp3) is 0.529. The van der Waals surface area contributed by atoms with Gasteiger partial charge < -0.3 is 10.1 Å². The van der Waals surface area contributed by atoms with Crippen molar-refractivity contribution in [2.24, 2.45) is 0 Å². The Hall–Kier alpha value is -1.35. The number of hydrogen-bond acceptors (Lipinski definition) is 2. The smallest absolute Gasteiger partial charge is 0.124 e. The average molecular weight is 279 g/mol. The predicted molar refractivity (Wildman–Crippen MR) is 82.7 cm³/mol. The van der Waals surface area contributed by atoms with E-state index in [-0.39, 0.29) is 11.9 Å². The monoisotopic (exact) mass is 279 g/mol. The third-order valence-corrected chi connectivity index (χ3v) is 3.26. The zero-order chi connectivity index (χ0) is 14.8. The number of unbranched alkanes of at least 4 members (excludes halogenated alkanes) is 3. The van der Waals surface area contributed by atoms with E-state index in [1.54, 1.807) is 12.1 Å². The standard InChI is InChI=1S/C17H26FNO/c1-4-6-7-8-9-12-20-17-11-10-15(18)13-16(17)14(3)19-5-2/h4,10-11,13-14,19H,1,5-9,12H2,2-3H3. The lowest BCUT2D eigenvalue weighted by Crippen LogP contribution is -2.19. The zero-order valence-corrected chi connectivity index (χ0v) is 12.6. The number of rotatable bonds is 10. The van der Waals surface area contributed by atoms with Crippen molar-refractivity contribution in [1.82, 2.24) is 5.32 Å². The summed E-state index contributed by atoms with van der Waals surface area (Å²) >= 11 is 0. The Balaban J connectivity index is 2.53. The molecule has 1 aromatic carbocycles. The van der Waals surface area contributed by atoms with Crippen LogP contribution in [0.15, 0.2) is 30.9 Å². The Bertz CT molecular complexity index is 406. The largest absolute Gasteiger partial charge is 0.493 e. The third kappa shape index (κ3) is 5.74. The number of allylic oxidation sites excluding steroid dienone is 1. The number of ether oxygens (including phenoxy) is 1. The minimum absolute atomic E-state index is 0.0893. The Morgan fingerprint density at radius 2 is 2.15 bits per heavy atom. The van der Waals surface area contributed by atoms with Crippen LogP contribution < -0.4 is 10.1 Å². The van der Waals surface area contributed by atoms with E-state index in [4.69, 9.17) is 4.74 Å². The van der Waals surface area contributed by atoms with E-state index in [0.717, 1.165) is 43.5 Å². The molecule has 0 saturated carbocycles. The molecule has 0 saturated heterocycles. The van der Waals surface area contributed by atoms with E-state index in [0.29, 0.717) is 6.61 Å². The van der Waals surface area contributed by atoms with Crippen LogP contribution >= 0.6 is 0 Å². The fourth-order valence-corrected chi connectivity index (χ4v) is 2.15. The second-order valence-electron chi connectivity index (χ2n) is 4.95. The van der Waals surface area contributed by atoms with Crippen molar-refractivity contribution in [3.8, 4) is 5.75 Å². The highest BCUT2D eigenvalue weighted by Gasteiger charge is 2.12. The maximum absolute atomic E-state index is 13.4. The Labute approximate surface area is 122 Å². The van der Waals surface area contributed by atoms with Gasteiger partial charge in [-0.3, -0.25) is 0 Å². The van der Waals surface area contributed by atoms with Gasteiger partial charge in [0, 0.05) is 11.6 Å². The molecule has 0 radical (unpaired) electrons. The molecule has 1 atom stereocenters. The van der Waals surface area contributed by atoms with E-state index in [2.05, 4.69) is 11.9 Å². The van der Waals surface area contributed by atoms with Gasteiger partial charge in [-0.1, -0.05) is 13.0 Å². The Kier molecular flexibility index (Phi) is 7.97. The quantitative estimate of drug-likeness (QED) is 0.498. The molecule has 0 bridgehead atoms. The lowest BCUT2D eigenvalue weighted by atomic mass is 10.1. The van der Waals surface area contributed by atoms with Crippen LogP contribution in [0, 0.1) is 5.82 Å². The minimum Gasteiger partial charge on any atom is -0.493 e. The lowest BCUT2D eigenvalue weighted by molar-refractivity contribution is 0.299. The molecule has 3 heteroatoms. The molecule has 0 amide bonds. The summed E-state index contributed by atoms with van der Waals surface area (Å²) in [6, 6.07) is 4.82. The van der Waals surface area contributed by atoms with Gasteiger partial charge in [0.1, 0.15) is 11.6 Å². The first kappa shape index (κ1) is 16.7. The van der Waals surface area contributed by atoms with Crippen molar-refractivity contribution in [3.63, 3.8) is 0 Å². The topological polar surface area (TPSA) is 21.3 Å². The maximum Gasteiger partial charge on any atom is 0.124 e. The summed E-state index contributed by atoms with van der Waals surface area (Å²) in [5.41, 5.74) is 0.887. The van der Waals surface area contributed by atoms with Crippen LogP contribution in [0.1, 0.15) is 51.1 Å². The summed E-state index contributed by atoms with van der Waals surface area (Å²) in [4.78, 5) is 0. The summed E-state index contributed by atoms with van der Waals surface area (Å²) in [5.74, 6) is 0.562. The van der Waals surface area contributed by atoms with Crippen LogP contribution in [-0.2, 0) is 0 Å². The minimum atomic E-state index is -0.219. The highest BCUT2D eigenvalue weighted by atomic mass is 19.1. The molecule has 0 aliphatic carbocycles. The summed E-state index contributed by atoms with van der Waals surface area (Å²) in [7, 11) is 0. The molecule has 2 nitrogen and oxygen atoms in total. The van der Waals surface area contributed by atoms with E-state index in [1.807, 2.05) is 19.9 Å². The first-order chi connectivity index (χ1) is 9.69. The zero-order valence-electron chi connectivity index (χ0n) is 12.6. The van der Waals surface area contributed by atoms with Gasteiger partial charge in [-0.05, 0) is 57.4 Å². The number of benzene rings is 1. The van der Waals surface area contributed by atoms with Gasteiger partial charge in [-0.2, -0.15) is 0 Å². The van der Waals surface area contributed by atoms with Crippen molar-refractivity contribution < 1.29 is 9.13 Å². The van der Waals surface area contributed by atoms with E-state index in [1.165, 1.54) is 6.07 Å². The van der Waals surface area contributed by atoms with Gasteiger partial charge in [0.05, 0.1) is 6.61 Å². The van der Waals surface area contributed by atoms with Crippen molar-refractivity contribution in [2.45, 2.75) is 45.6 Å². The lowest BCUT2D eigenvalue weighted by Gasteiger charge is -2.17. The first-order valence-electron chi connectivity index (χ1n) is 7.45. The molecule has 0 fully saturated rings. The predicted octanol–water partition coefficient (Wildman–Crippen LogP) is 4.62. The van der Waals surface area contributed by atoms with Crippen LogP contribution in [0.25, 0.3) is 0 Å². The molecule has 0 heterocycles. The van der Waals surface area contributed by atoms with Crippen molar-refractivity contribution >= 4 is 0 Å². The van der Waals surface area contributed by atoms with Crippen molar-refractivity contribution in [1.29, 1.82) is 0 Å². The molecule has 0 aromatic heterocycles. The summed E-state index contributed by atoms with van der Waals surface area (Å²) < 4.78 is 19.2. The molecule has 112 valence electrons. The van der Waals surface area contributed by atoms with Gasteiger partial charge in [-0.15, -0.1) is 6.58 Å². The number of hydrogen-bond donors (Lipinski definition) is 1. The van der Waals surface area contributed by atoms with Crippen molar-refractivity contribution in [2.75, 3.05) is 13.2 Å². The second kappa shape index (κ2) is 9.54. The van der Waals surface area contributed by atoms with E-state index < -0.39 is 0 Å². The van der Waals surface area contributed by atoms with Crippen LogP contribution in [0.5, 0.6) is 5.75 Å². The fourth-order valence-electron chi connectivity index (χ4n) is 2.15. The molecule has 0 aliphatic rings. The molecule has 0 spiro atoms. The van der Waals surface area contributed by atoms with Crippen LogP contribution in [0.4, 0.5) is 4.39 Å². The number of nitrogens with one attached hydrogen (secondary N) is 1. The summed E-state index contributed by atoms with van der Waals surface area (Å²) in [6.45, 7) is 9.29. The molecule has 1 aromatic rings. The molecule has 1 unspecified atom stereocenters. The highest BCUT2D eigenvalue weighted by molar-refractivity contribution is 5.36. The SMILES string of the molecule is C=CCCCCCOc1ccc(F)cc1C(C)NCC. The van der Waals surface area contributed by atoms with Crippen LogP contribution in [0.2, 0.25) is 0 Å². The molecule has 1 rings (SSSR count). The maximum atomic E-state index is 13.4. The Morgan fingerprint density at radius 1 is 1.35 bits per heavy atom. The Morgan fingerprint density at radius 3 is 2.85 bits per heavy atom. The number of halogens is 1. The van der Waals surface area contributed by atoms with Gasteiger partial charge in [0.25, 0.3) is 0 Å². The summed E-state index contributed by atoms with van der Waals surface area (Å²) in [5, 5.41) is 3.29. The molecular weight excluding hydrogens is 253 g/mol. The van der Waals surface area contributed by atoms with Gasteiger partial charge in [0.15, 0.2) is 0 Å². The first-order valence-corrected chi connectivity index (χ1v) is 7.45.